The third kappa shape index (κ3) is 4.16. The summed E-state index contributed by atoms with van der Waals surface area (Å²) in [5.74, 6) is -1.66. The summed E-state index contributed by atoms with van der Waals surface area (Å²) < 4.78 is 0. The molecule has 1 heterocycles. The number of carbonyl (C=O) groups is 2. The van der Waals surface area contributed by atoms with Gasteiger partial charge in [-0.15, -0.1) is 11.3 Å². The molecule has 0 aliphatic carbocycles. The van der Waals surface area contributed by atoms with Crippen LogP contribution in [0.5, 0.6) is 0 Å². The van der Waals surface area contributed by atoms with Gasteiger partial charge in [-0.25, -0.2) is 0 Å². The van der Waals surface area contributed by atoms with Crippen LogP contribution in [0.3, 0.4) is 0 Å². The van der Waals surface area contributed by atoms with Gasteiger partial charge in [0.2, 0.25) is 0 Å². The summed E-state index contributed by atoms with van der Waals surface area (Å²) in [4.78, 5) is 25.6. The standard InChI is InChI=1S/C25H19NO3S/c27-23(19-14-8-3-9-15-19)26-24-21(25(28)29)20(16-17-10-4-1-5-11-17)22(30-24)18-12-6-2-7-13-18/h1-15H,16H2,(H,26,27)(H,28,29)/p-1. The van der Waals surface area contributed by atoms with E-state index in [-0.39, 0.29) is 16.5 Å². The molecule has 0 aliphatic rings. The number of carboxylic acids is 1. The van der Waals surface area contributed by atoms with Crippen molar-refractivity contribution in [2.45, 2.75) is 6.42 Å². The van der Waals surface area contributed by atoms with E-state index in [1.54, 1.807) is 24.3 Å². The molecule has 0 unspecified atom stereocenters. The van der Waals surface area contributed by atoms with Gasteiger partial charge in [0.15, 0.2) is 0 Å². The van der Waals surface area contributed by atoms with Crippen LogP contribution in [0.15, 0.2) is 91.0 Å². The monoisotopic (exact) mass is 412 g/mol. The second-order valence-corrected chi connectivity index (χ2v) is 7.77. The van der Waals surface area contributed by atoms with Crippen molar-refractivity contribution in [3.63, 3.8) is 0 Å². The van der Waals surface area contributed by atoms with Crippen LogP contribution in [0.2, 0.25) is 0 Å². The Morgan fingerprint density at radius 3 is 1.97 bits per heavy atom. The molecule has 1 aromatic heterocycles. The van der Waals surface area contributed by atoms with Crippen LogP contribution >= 0.6 is 11.3 Å². The van der Waals surface area contributed by atoms with Gasteiger partial charge in [-0.1, -0.05) is 78.9 Å². The van der Waals surface area contributed by atoms with E-state index in [4.69, 9.17) is 0 Å². The zero-order valence-corrected chi connectivity index (χ0v) is 16.8. The molecule has 0 saturated carbocycles. The number of rotatable bonds is 6. The highest BCUT2D eigenvalue weighted by Crippen LogP contribution is 2.41. The Kier molecular flexibility index (Phi) is 5.72. The van der Waals surface area contributed by atoms with Gasteiger partial charge in [0, 0.05) is 16.0 Å². The first-order chi connectivity index (χ1) is 14.6. The summed E-state index contributed by atoms with van der Waals surface area (Å²) in [5, 5.41) is 15.2. The molecular weight excluding hydrogens is 394 g/mol. The zero-order valence-electron chi connectivity index (χ0n) is 16.0. The molecule has 3 aromatic carbocycles. The number of nitrogens with one attached hydrogen (secondary N) is 1. The molecule has 30 heavy (non-hydrogen) atoms. The third-order valence-corrected chi connectivity index (χ3v) is 5.93. The number of carboxylic acid groups (broad SMARTS) is 1. The van der Waals surface area contributed by atoms with Gasteiger partial charge in [0.05, 0.1) is 5.97 Å². The van der Waals surface area contributed by atoms with Crippen molar-refractivity contribution in [3.05, 3.63) is 113 Å². The SMILES string of the molecule is O=C(Nc1sc(-c2ccccc2)c(Cc2ccccc2)c1C(=O)[O-])c1ccccc1. The maximum atomic E-state index is 12.7. The van der Waals surface area contributed by atoms with Crippen molar-refractivity contribution in [2.24, 2.45) is 0 Å². The van der Waals surface area contributed by atoms with Crippen LogP contribution in [0.1, 0.15) is 31.8 Å². The molecule has 0 fully saturated rings. The fourth-order valence-corrected chi connectivity index (χ4v) is 4.53. The molecular formula is C25H18NO3S-. The molecule has 5 heteroatoms. The first kappa shape index (κ1) is 19.6. The molecule has 4 rings (SSSR count). The molecule has 4 aromatic rings. The molecule has 0 aliphatic heterocycles. The largest absolute Gasteiger partial charge is 0.545 e. The zero-order chi connectivity index (χ0) is 20.9. The van der Waals surface area contributed by atoms with Gasteiger partial charge in [0.1, 0.15) is 5.00 Å². The number of aromatic carboxylic acids is 1. The average Bonchev–Trinajstić information content (AvgIpc) is 3.13. The number of hydrogen-bond donors (Lipinski definition) is 1. The lowest BCUT2D eigenvalue weighted by Gasteiger charge is -2.11. The van der Waals surface area contributed by atoms with E-state index in [0.29, 0.717) is 17.5 Å². The Labute approximate surface area is 178 Å². The Morgan fingerprint density at radius 1 is 0.800 bits per heavy atom. The Bertz CT molecular complexity index is 1170. The number of hydrogen-bond acceptors (Lipinski definition) is 4. The van der Waals surface area contributed by atoms with Gasteiger partial charge < -0.3 is 15.2 Å². The van der Waals surface area contributed by atoms with Crippen molar-refractivity contribution in [1.29, 1.82) is 0 Å². The second kappa shape index (κ2) is 8.76. The molecule has 0 radical (unpaired) electrons. The van der Waals surface area contributed by atoms with Crippen LogP contribution in [-0.2, 0) is 6.42 Å². The predicted octanol–water partition coefficient (Wildman–Crippen LogP) is 4.62. The summed E-state index contributed by atoms with van der Waals surface area (Å²) in [6.45, 7) is 0. The fourth-order valence-electron chi connectivity index (χ4n) is 3.33. The van der Waals surface area contributed by atoms with Crippen LogP contribution in [0.25, 0.3) is 10.4 Å². The maximum absolute atomic E-state index is 12.7. The summed E-state index contributed by atoms with van der Waals surface area (Å²) in [6, 6.07) is 28.0. The number of benzene rings is 3. The molecule has 0 bridgehead atoms. The minimum Gasteiger partial charge on any atom is -0.545 e. The van der Waals surface area contributed by atoms with Crippen LogP contribution in [-0.4, -0.2) is 11.9 Å². The fraction of sp³-hybridized carbons (Fsp3) is 0.0400. The Balaban J connectivity index is 1.82. The highest BCUT2D eigenvalue weighted by Gasteiger charge is 2.22. The maximum Gasteiger partial charge on any atom is 0.256 e. The highest BCUT2D eigenvalue weighted by molar-refractivity contribution is 7.20. The minimum absolute atomic E-state index is 0.0342. The van der Waals surface area contributed by atoms with Gasteiger partial charge in [0.25, 0.3) is 5.91 Å². The molecule has 0 spiro atoms. The van der Waals surface area contributed by atoms with E-state index in [1.165, 1.54) is 11.3 Å². The summed E-state index contributed by atoms with van der Waals surface area (Å²) >= 11 is 1.26. The lowest BCUT2D eigenvalue weighted by atomic mass is 9.98. The lowest BCUT2D eigenvalue weighted by Crippen LogP contribution is -2.25. The molecule has 148 valence electrons. The lowest BCUT2D eigenvalue weighted by molar-refractivity contribution is -0.254. The molecule has 0 saturated heterocycles. The summed E-state index contributed by atoms with van der Waals surface area (Å²) in [7, 11) is 0. The van der Waals surface area contributed by atoms with Crippen molar-refractivity contribution >= 4 is 28.2 Å². The van der Waals surface area contributed by atoms with E-state index in [2.05, 4.69) is 5.32 Å². The number of anilines is 1. The van der Waals surface area contributed by atoms with Gasteiger partial charge in [-0.05, 0) is 35.2 Å². The van der Waals surface area contributed by atoms with Crippen molar-refractivity contribution in [2.75, 3.05) is 5.32 Å². The van der Waals surface area contributed by atoms with Crippen molar-refractivity contribution in [1.82, 2.24) is 0 Å². The predicted molar refractivity (Wildman–Crippen MR) is 118 cm³/mol. The van der Waals surface area contributed by atoms with Crippen LogP contribution in [0, 0.1) is 0 Å². The van der Waals surface area contributed by atoms with Crippen molar-refractivity contribution in [3.8, 4) is 10.4 Å². The molecule has 0 atom stereocenters. The number of amides is 1. The van der Waals surface area contributed by atoms with Crippen LogP contribution < -0.4 is 10.4 Å². The minimum atomic E-state index is -1.30. The molecule has 1 N–H and O–H groups in total. The topological polar surface area (TPSA) is 69.2 Å². The van der Waals surface area contributed by atoms with Gasteiger partial charge in [-0.3, -0.25) is 4.79 Å². The molecule has 4 nitrogen and oxygen atoms in total. The second-order valence-electron chi connectivity index (χ2n) is 6.75. The normalized spacial score (nSPS) is 10.5. The number of carbonyl (C=O) groups excluding carboxylic acids is 2. The van der Waals surface area contributed by atoms with Crippen molar-refractivity contribution < 1.29 is 14.7 Å². The first-order valence-corrected chi connectivity index (χ1v) is 10.3. The van der Waals surface area contributed by atoms with E-state index in [9.17, 15) is 14.7 Å². The van der Waals surface area contributed by atoms with Crippen LogP contribution in [0.4, 0.5) is 5.00 Å². The van der Waals surface area contributed by atoms with E-state index < -0.39 is 5.97 Å². The smallest absolute Gasteiger partial charge is 0.256 e. The highest BCUT2D eigenvalue weighted by atomic mass is 32.1. The van der Waals surface area contributed by atoms with Gasteiger partial charge >= 0.3 is 0 Å². The summed E-state index contributed by atoms with van der Waals surface area (Å²) in [5.41, 5.74) is 3.01. The summed E-state index contributed by atoms with van der Waals surface area (Å²) in [6.07, 6.45) is 0.423. The van der Waals surface area contributed by atoms with Gasteiger partial charge in [-0.2, -0.15) is 0 Å². The Morgan fingerprint density at radius 2 is 1.37 bits per heavy atom. The number of thiophene rings is 1. The molecule has 1 amide bonds. The average molecular weight is 412 g/mol. The third-order valence-electron chi connectivity index (χ3n) is 4.73. The van der Waals surface area contributed by atoms with E-state index >= 15 is 0 Å². The quantitative estimate of drug-likeness (QED) is 0.502. The first-order valence-electron chi connectivity index (χ1n) is 9.46. The Hall–Kier alpha value is -3.70. The van der Waals surface area contributed by atoms with E-state index in [0.717, 1.165) is 16.0 Å². The van der Waals surface area contributed by atoms with E-state index in [1.807, 2.05) is 66.7 Å².